The summed E-state index contributed by atoms with van der Waals surface area (Å²) in [5, 5.41) is 8.77. The Labute approximate surface area is 103 Å². The first-order chi connectivity index (χ1) is 8.58. The van der Waals surface area contributed by atoms with Crippen LogP contribution < -0.4 is 4.74 Å². The van der Waals surface area contributed by atoms with E-state index in [1.54, 1.807) is 24.3 Å². The number of aryl methyl sites for hydroxylation is 1. The predicted octanol–water partition coefficient (Wildman–Crippen LogP) is 3.02. The van der Waals surface area contributed by atoms with Crippen molar-refractivity contribution in [3.63, 3.8) is 0 Å². The molecule has 0 atom stereocenters. The van der Waals surface area contributed by atoms with Crippen molar-refractivity contribution in [2.45, 2.75) is 6.92 Å². The molecule has 0 radical (unpaired) electrons. The number of hydrogen-bond donors (Lipinski definition) is 1. The van der Waals surface area contributed by atoms with E-state index in [9.17, 15) is 9.18 Å². The predicted molar refractivity (Wildman–Crippen MR) is 62.4 cm³/mol. The lowest BCUT2D eigenvalue weighted by Crippen LogP contribution is -2.03. The first kappa shape index (κ1) is 12.0. The molecule has 0 bridgehead atoms. The fraction of sp³-hybridized carbons (Fsp3) is 0.0769. The van der Waals surface area contributed by atoms with Crippen molar-refractivity contribution in [2.75, 3.05) is 0 Å². The quantitative estimate of drug-likeness (QED) is 0.905. The number of nitrogens with zero attached hydrogens (tertiary/aromatic N) is 1. The van der Waals surface area contributed by atoms with Gasteiger partial charge in [-0.3, -0.25) is 0 Å². The molecule has 2 aromatic rings. The van der Waals surface area contributed by atoms with E-state index in [1.165, 1.54) is 6.20 Å². The van der Waals surface area contributed by atoms with Crippen LogP contribution >= 0.6 is 0 Å². The molecule has 4 nitrogen and oxygen atoms in total. The van der Waals surface area contributed by atoms with E-state index in [-0.39, 0.29) is 5.88 Å². The maximum absolute atomic E-state index is 13.7. The van der Waals surface area contributed by atoms with Crippen molar-refractivity contribution < 1.29 is 19.0 Å². The molecule has 0 saturated carbocycles. The lowest BCUT2D eigenvalue weighted by molar-refractivity contribution is 0.0690. The molecule has 1 heterocycles. The minimum atomic E-state index is -1.36. The normalized spacial score (nSPS) is 10.1. The Morgan fingerprint density at radius 3 is 2.56 bits per heavy atom. The average molecular weight is 247 g/mol. The Hall–Kier alpha value is -2.43. The summed E-state index contributed by atoms with van der Waals surface area (Å²) in [5.74, 6) is -2.29. The highest BCUT2D eigenvalue weighted by molar-refractivity contribution is 5.88. The monoisotopic (exact) mass is 247 g/mol. The molecular weight excluding hydrogens is 237 g/mol. The third kappa shape index (κ3) is 2.45. The molecule has 0 aliphatic carbocycles. The molecule has 0 unspecified atom stereocenters. The van der Waals surface area contributed by atoms with Gasteiger partial charge in [0.25, 0.3) is 5.88 Å². The fourth-order valence-corrected chi connectivity index (χ4v) is 1.38. The zero-order valence-corrected chi connectivity index (χ0v) is 9.55. The van der Waals surface area contributed by atoms with Crippen molar-refractivity contribution in [3.05, 3.63) is 53.5 Å². The van der Waals surface area contributed by atoms with Crippen LogP contribution in [-0.2, 0) is 0 Å². The van der Waals surface area contributed by atoms with Crippen molar-refractivity contribution in [1.29, 1.82) is 0 Å². The van der Waals surface area contributed by atoms with Crippen LogP contribution in [0.25, 0.3) is 0 Å². The number of ether oxygens (including phenoxy) is 1. The van der Waals surface area contributed by atoms with Crippen molar-refractivity contribution in [1.82, 2.24) is 4.98 Å². The highest BCUT2D eigenvalue weighted by Crippen LogP contribution is 2.24. The molecule has 0 spiro atoms. The van der Waals surface area contributed by atoms with Crippen LogP contribution in [0, 0.1) is 12.7 Å². The summed E-state index contributed by atoms with van der Waals surface area (Å²) in [5.41, 5.74) is 0.571. The molecule has 18 heavy (non-hydrogen) atoms. The molecule has 5 heteroatoms. The van der Waals surface area contributed by atoms with Crippen LogP contribution in [0.4, 0.5) is 4.39 Å². The first-order valence-electron chi connectivity index (χ1n) is 5.20. The van der Waals surface area contributed by atoms with Gasteiger partial charge in [0.05, 0.1) is 0 Å². The largest absolute Gasteiger partial charge is 0.478 e. The van der Waals surface area contributed by atoms with Gasteiger partial charge in [-0.2, -0.15) is 0 Å². The van der Waals surface area contributed by atoms with Crippen LogP contribution in [-0.4, -0.2) is 16.1 Å². The summed E-state index contributed by atoms with van der Waals surface area (Å²) in [6.45, 7) is 1.91. The van der Waals surface area contributed by atoms with Crippen molar-refractivity contribution in [2.24, 2.45) is 0 Å². The number of pyridine rings is 1. The summed E-state index contributed by atoms with van der Waals surface area (Å²) in [6, 6.07) is 8.00. The van der Waals surface area contributed by atoms with Crippen molar-refractivity contribution in [3.8, 4) is 11.6 Å². The van der Waals surface area contributed by atoms with Gasteiger partial charge in [0, 0.05) is 6.20 Å². The zero-order valence-electron chi connectivity index (χ0n) is 9.55. The number of aromatic nitrogens is 1. The number of hydrogen-bond acceptors (Lipinski definition) is 3. The van der Waals surface area contributed by atoms with Gasteiger partial charge < -0.3 is 9.84 Å². The minimum Gasteiger partial charge on any atom is -0.478 e. The Kier molecular flexibility index (Phi) is 3.23. The van der Waals surface area contributed by atoms with E-state index >= 15 is 0 Å². The van der Waals surface area contributed by atoms with E-state index in [2.05, 4.69) is 4.98 Å². The fourth-order valence-electron chi connectivity index (χ4n) is 1.38. The number of rotatable bonds is 3. The van der Waals surface area contributed by atoms with Crippen LogP contribution in [0.5, 0.6) is 11.6 Å². The highest BCUT2D eigenvalue weighted by Gasteiger charge is 2.16. The Bertz CT molecular complexity index is 581. The summed E-state index contributed by atoms with van der Waals surface area (Å²) in [7, 11) is 0. The number of aromatic carboxylic acids is 1. The number of benzene rings is 1. The average Bonchev–Trinajstić information content (AvgIpc) is 2.34. The van der Waals surface area contributed by atoms with E-state index < -0.39 is 17.3 Å². The van der Waals surface area contributed by atoms with E-state index in [0.29, 0.717) is 5.75 Å². The van der Waals surface area contributed by atoms with Gasteiger partial charge in [-0.05, 0) is 25.1 Å². The molecular formula is C13H10FNO3. The van der Waals surface area contributed by atoms with Gasteiger partial charge in [-0.15, -0.1) is 0 Å². The number of carbonyl (C=O) groups is 1. The van der Waals surface area contributed by atoms with Gasteiger partial charge in [0.2, 0.25) is 0 Å². The summed E-state index contributed by atoms with van der Waals surface area (Å²) >= 11 is 0. The maximum Gasteiger partial charge on any atom is 0.338 e. The summed E-state index contributed by atoms with van der Waals surface area (Å²) < 4.78 is 18.9. The molecule has 0 aliphatic heterocycles. The molecule has 0 fully saturated rings. The summed E-state index contributed by atoms with van der Waals surface area (Å²) in [4.78, 5) is 14.4. The molecule has 1 aromatic heterocycles. The Morgan fingerprint density at radius 1 is 1.28 bits per heavy atom. The second-order valence-corrected chi connectivity index (χ2v) is 3.70. The number of carboxylic acid groups (broad SMARTS) is 1. The third-order valence-corrected chi connectivity index (χ3v) is 2.32. The van der Waals surface area contributed by atoms with Gasteiger partial charge in [0.1, 0.15) is 11.3 Å². The molecule has 1 aromatic carbocycles. The SMILES string of the molecule is Cc1ccc(Oc2nccc(C(=O)O)c2F)cc1. The topological polar surface area (TPSA) is 59.4 Å². The van der Waals surface area contributed by atoms with Gasteiger partial charge in [-0.25, -0.2) is 14.2 Å². The second-order valence-electron chi connectivity index (χ2n) is 3.70. The van der Waals surface area contributed by atoms with Gasteiger partial charge in [-0.1, -0.05) is 17.7 Å². The standard InChI is InChI=1S/C13H10FNO3/c1-8-2-4-9(5-3-8)18-12-11(14)10(13(16)17)6-7-15-12/h2-7H,1H3,(H,16,17). The van der Waals surface area contributed by atoms with Gasteiger partial charge in [0.15, 0.2) is 5.82 Å². The van der Waals surface area contributed by atoms with Crippen LogP contribution in [0.2, 0.25) is 0 Å². The smallest absolute Gasteiger partial charge is 0.338 e. The molecule has 1 N–H and O–H groups in total. The summed E-state index contributed by atoms with van der Waals surface area (Å²) in [6.07, 6.45) is 1.19. The molecule has 92 valence electrons. The zero-order chi connectivity index (χ0) is 13.1. The Morgan fingerprint density at radius 2 is 1.94 bits per heavy atom. The van der Waals surface area contributed by atoms with E-state index in [4.69, 9.17) is 9.84 Å². The molecule has 2 rings (SSSR count). The Balaban J connectivity index is 2.32. The number of halogens is 1. The lowest BCUT2D eigenvalue weighted by atomic mass is 10.2. The van der Waals surface area contributed by atoms with Crippen LogP contribution in [0.1, 0.15) is 15.9 Å². The molecule has 0 aliphatic rings. The van der Waals surface area contributed by atoms with Crippen molar-refractivity contribution >= 4 is 5.97 Å². The first-order valence-corrected chi connectivity index (χ1v) is 5.20. The lowest BCUT2D eigenvalue weighted by Gasteiger charge is -2.07. The van der Waals surface area contributed by atoms with E-state index in [1.807, 2.05) is 6.92 Å². The second kappa shape index (κ2) is 4.83. The molecule has 0 amide bonds. The van der Waals surface area contributed by atoms with Gasteiger partial charge >= 0.3 is 5.97 Å². The maximum atomic E-state index is 13.7. The van der Waals surface area contributed by atoms with E-state index in [0.717, 1.165) is 11.6 Å². The number of carboxylic acids is 1. The highest BCUT2D eigenvalue weighted by atomic mass is 19.1. The van der Waals surface area contributed by atoms with Crippen LogP contribution in [0.15, 0.2) is 36.5 Å². The third-order valence-electron chi connectivity index (χ3n) is 2.32. The molecule has 0 saturated heterocycles. The van der Waals surface area contributed by atoms with Crippen LogP contribution in [0.3, 0.4) is 0 Å². The minimum absolute atomic E-state index is 0.348.